The topological polar surface area (TPSA) is 64.2 Å². The minimum Gasteiger partial charge on any atom is -0.469 e. The standard InChI is InChI=1S/C20H24N4O2S/c1-5-24(13-16-9-7-6-8-10-16)19(25)15(3)27-20-22-21-18(23(20)4)17-11-12-26-14(17)2/h6-12,15H,5,13H2,1-4H3. The predicted molar refractivity (Wildman–Crippen MR) is 106 cm³/mol. The van der Waals surface area contributed by atoms with Crippen LogP contribution in [-0.4, -0.2) is 37.4 Å². The van der Waals surface area contributed by atoms with Crippen LogP contribution in [0.4, 0.5) is 0 Å². The van der Waals surface area contributed by atoms with Crippen molar-refractivity contribution in [1.29, 1.82) is 0 Å². The maximum Gasteiger partial charge on any atom is 0.236 e. The monoisotopic (exact) mass is 384 g/mol. The third-order valence-corrected chi connectivity index (χ3v) is 5.60. The Morgan fingerprint density at radius 2 is 2.00 bits per heavy atom. The Bertz CT molecular complexity index is 904. The number of rotatable bonds is 7. The van der Waals surface area contributed by atoms with Gasteiger partial charge in [0.25, 0.3) is 0 Å². The molecule has 7 heteroatoms. The molecular weight excluding hydrogens is 360 g/mol. The number of aryl methyl sites for hydroxylation is 1. The summed E-state index contributed by atoms with van der Waals surface area (Å²) in [5.74, 6) is 1.63. The van der Waals surface area contributed by atoms with E-state index in [0.717, 1.165) is 22.7 Å². The maximum atomic E-state index is 12.9. The molecule has 0 aliphatic rings. The molecule has 0 N–H and O–H groups in total. The molecule has 0 aliphatic carbocycles. The summed E-state index contributed by atoms with van der Waals surface area (Å²) in [6, 6.07) is 11.9. The Morgan fingerprint density at radius 3 is 2.63 bits per heavy atom. The van der Waals surface area contributed by atoms with Crippen LogP contribution in [0, 0.1) is 6.92 Å². The average Bonchev–Trinajstić information content (AvgIpc) is 3.25. The van der Waals surface area contributed by atoms with Crippen LogP contribution in [0.2, 0.25) is 0 Å². The molecule has 0 saturated heterocycles. The highest BCUT2D eigenvalue weighted by molar-refractivity contribution is 8.00. The second-order valence-corrected chi connectivity index (χ2v) is 7.66. The van der Waals surface area contributed by atoms with Gasteiger partial charge >= 0.3 is 0 Å². The molecule has 1 atom stereocenters. The number of nitrogens with zero attached hydrogens (tertiary/aromatic N) is 4. The highest BCUT2D eigenvalue weighted by atomic mass is 32.2. The van der Waals surface area contributed by atoms with Gasteiger partial charge in [0.05, 0.1) is 17.1 Å². The molecule has 2 aromatic heterocycles. The summed E-state index contributed by atoms with van der Waals surface area (Å²) >= 11 is 1.42. The van der Waals surface area contributed by atoms with E-state index in [0.29, 0.717) is 18.2 Å². The molecule has 0 bridgehead atoms. The summed E-state index contributed by atoms with van der Waals surface area (Å²) in [6.45, 7) is 7.08. The first-order valence-corrected chi connectivity index (χ1v) is 9.82. The lowest BCUT2D eigenvalue weighted by atomic mass is 10.2. The van der Waals surface area contributed by atoms with Crippen LogP contribution in [0.3, 0.4) is 0 Å². The molecule has 0 saturated carbocycles. The van der Waals surface area contributed by atoms with Gasteiger partial charge < -0.3 is 13.9 Å². The quantitative estimate of drug-likeness (QED) is 0.578. The molecule has 1 amide bonds. The van der Waals surface area contributed by atoms with Crippen molar-refractivity contribution in [2.75, 3.05) is 6.54 Å². The number of furan rings is 1. The zero-order valence-electron chi connectivity index (χ0n) is 16.0. The van der Waals surface area contributed by atoms with Gasteiger partial charge in [0.2, 0.25) is 5.91 Å². The minimum atomic E-state index is -0.255. The van der Waals surface area contributed by atoms with Crippen molar-refractivity contribution in [3.05, 3.63) is 54.0 Å². The highest BCUT2D eigenvalue weighted by Crippen LogP contribution is 2.28. The number of hydrogen-bond donors (Lipinski definition) is 0. The van der Waals surface area contributed by atoms with Gasteiger partial charge in [-0.1, -0.05) is 42.1 Å². The number of hydrogen-bond acceptors (Lipinski definition) is 5. The van der Waals surface area contributed by atoms with Gasteiger partial charge in [-0.25, -0.2) is 0 Å². The van der Waals surface area contributed by atoms with Crippen molar-refractivity contribution in [3.63, 3.8) is 0 Å². The summed E-state index contributed by atoms with van der Waals surface area (Å²) < 4.78 is 7.26. The molecule has 1 aromatic carbocycles. The molecule has 0 aliphatic heterocycles. The van der Waals surface area contributed by atoms with Crippen LogP contribution < -0.4 is 0 Å². The van der Waals surface area contributed by atoms with E-state index in [1.54, 1.807) is 6.26 Å². The fourth-order valence-corrected chi connectivity index (χ4v) is 3.78. The molecular formula is C20H24N4O2S. The molecule has 27 heavy (non-hydrogen) atoms. The number of amides is 1. The van der Waals surface area contributed by atoms with Crippen LogP contribution in [0.1, 0.15) is 25.2 Å². The van der Waals surface area contributed by atoms with E-state index in [1.807, 2.05) is 73.7 Å². The van der Waals surface area contributed by atoms with Crippen molar-refractivity contribution in [2.45, 2.75) is 37.7 Å². The van der Waals surface area contributed by atoms with Crippen molar-refractivity contribution in [1.82, 2.24) is 19.7 Å². The van der Waals surface area contributed by atoms with Crippen molar-refractivity contribution < 1.29 is 9.21 Å². The Hall–Kier alpha value is -2.54. The average molecular weight is 385 g/mol. The second kappa shape index (κ2) is 8.43. The summed E-state index contributed by atoms with van der Waals surface area (Å²) in [4.78, 5) is 14.8. The van der Waals surface area contributed by atoms with Crippen LogP contribution in [-0.2, 0) is 18.4 Å². The third kappa shape index (κ3) is 4.24. The van der Waals surface area contributed by atoms with Gasteiger partial charge in [-0.15, -0.1) is 10.2 Å². The normalized spacial score (nSPS) is 12.1. The third-order valence-electron chi connectivity index (χ3n) is 4.47. The summed E-state index contributed by atoms with van der Waals surface area (Å²) in [5.41, 5.74) is 2.04. The SMILES string of the molecule is CCN(Cc1ccccc1)C(=O)C(C)Sc1nnc(-c2ccoc2C)n1C. The smallest absolute Gasteiger partial charge is 0.236 e. The van der Waals surface area contributed by atoms with Crippen LogP contribution in [0.15, 0.2) is 52.2 Å². The highest BCUT2D eigenvalue weighted by Gasteiger charge is 2.24. The maximum absolute atomic E-state index is 12.9. The minimum absolute atomic E-state index is 0.0930. The second-order valence-electron chi connectivity index (χ2n) is 6.35. The van der Waals surface area contributed by atoms with Crippen molar-refractivity contribution in [3.8, 4) is 11.4 Å². The summed E-state index contributed by atoms with van der Waals surface area (Å²) in [7, 11) is 1.91. The van der Waals surface area contributed by atoms with E-state index >= 15 is 0 Å². The molecule has 142 valence electrons. The summed E-state index contributed by atoms with van der Waals surface area (Å²) in [6.07, 6.45) is 1.64. The van der Waals surface area contributed by atoms with Crippen LogP contribution in [0.5, 0.6) is 0 Å². The Morgan fingerprint density at radius 1 is 1.26 bits per heavy atom. The largest absolute Gasteiger partial charge is 0.469 e. The molecule has 2 heterocycles. The van der Waals surface area contributed by atoms with Crippen LogP contribution >= 0.6 is 11.8 Å². The van der Waals surface area contributed by atoms with Gasteiger partial charge in [-0.2, -0.15) is 0 Å². The van der Waals surface area contributed by atoms with Gasteiger partial charge in [-0.3, -0.25) is 4.79 Å². The van der Waals surface area contributed by atoms with Gasteiger partial charge in [0.15, 0.2) is 11.0 Å². The lowest BCUT2D eigenvalue weighted by Gasteiger charge is -2.24. The molecule has 0 fully saturated rings. The first-order valence-electron chi connectivity index (χ1n) is 8.94. The van der Waals surface area contributed by atoms with E-state index in [2.05, 4.69) is 10.2 Å². The number of benzene rings is 1. The first-order chi connectivity index (χ1) is 13.0. The van der Waals surface area contributed by atoms with E-state index in [9.17, 15) is 4.79 Å². The van der Waals surface area contributed by atoms with E-state index in [4.69, 9.17) is 4.42 Å². The zero-order chi connectivity index (χ0) is 19.4. The molecule has 0 spiro atoms. The molecule has 6 nitrogen and oxygen atoms in total. The van der Waals surface area contributed by atoms with Gasteiger partial charge in [-0.05, 0) is 32.4 Å². The molecule has 3 rings (SSSR count). The van der Waals surface area contributed by atoms with E-state index < -0.39 is 0 Å². The molecule has 1 unspecified atom stereocenters. The number of aromatic nitrogens is 3. The predicted octanol–water partition coefficient (Wildman–Crippen LogP) is 3.91. The fraction of sp³-hybridized carbons (Fsp3) is 0.350. The Labute approximate surface area is 163 Å². The Kier molecular flexibility index (Phi) is 6.01. The lowest BCUT2D eigenvalue weighted by molar-refractivity contribution is -0.130. The number of carbonyl (C=O) groups excluding carboxylic acids is 1. The fourth-order valence-electron chi connectivity index (χ4n) is 2.88. The van der Waals surface area contributed by atoms with Crippen molar-refractivity contribution >= 4 is 17.7 Å². The van der Waals surface area contributed by atoms with Gasteiger partial charge in [0.1, 0.15) is 5.76 Å². The molecule has 0 radical (unpaired) electrons. The van der Waals surface area contributed by atoms with Crippen LogP contribution in [0.25, 0.3) is 11.4 Å². The number of carbonyl (C=O) groups is 1. The van der Waals surface area contributed by atoms with Crippen molar-refractivity contribution in [2.24, 2.45) is 7.05 Å². The number of thioether (sulfide) groups is 1. The Balaban J connectivity index is 1.71. The van der Waals surface area contributed by atoms with E-state index in [1.165, 1.54) is 11.8 Å². The lowest BCUT2D eigenvalue weighted by Crippen LogP contribution is -2.36. The van der Waals surface area contributed by atoms with Gasteiger partial charge in [0, 0.05) is 20.1 Å². The zero-order valence-corrected chi connectivity index (χ0v) is 16.9. The first kappa shape index (κ1) is 19.2. The molecule has 3 aromatic rings. The van der Waals surface area contributed by atoms with E-state index in [-0.39, 0.29) is 11.2 Å². The summed E-state index contributed by atoms with van der Waals surface area (Å²) in [5, 5.41) is 8.99.